The van der Waals surface area contributed by atoms with Crippen LogP contribution in [-0.4, -0.2) is 74.8 Å². The summed E-state index contributed by atoms with van der Waals surface area (Å²) in [6, 6.07) is 7.32. The number of nitrogens with zero attached hydrogens (tertiary/aromatic N) is 4. The van der Waals surface area contributed by atoms with Gasteiger partial charge in [-0.25, -0.2) is 4.98 Å². The van der Waals surface area contributed by atoms with E-state index in [4.69, 9.17) is 11.6 Å². The molecule has 9 nitrogen and oxygen atoms in total. The van der Waals surface area contributed by atoms with Crippen LogP contribution in [0.25, 0.3) is 0 Å². The predicted octanol–water partition coefficient (Wildman–Crippen LogP) is 2.06. The molecule has 2 aromatic rings. The molecule has 35 heavy (non-hydrogen) atoms. The molecule has 2 aliphatic heterocycles. The van der Waals surface area contributed by atoms with Crippen LogP contribution < -0.4 is 10.6 Å². The summed E-state index contributed by atoms with van der Waals surface area (Å²) in [5.41, 5.74) is 0.0893. The lowest BCUT2D eigenvalue weighted by Crippen LogP contribution is -2.64. The average Bonchev–Trinajstić information content (AvgIpc) is 3.35. The average molecular weight is 499 g/mol. The van der Waals surface area contributed by atoms with Crippen molar-refractivity contribution >= 4 is 29.3 Å². The second-order valence-corrected chi connectivity index (χ2v) is 10.2. The molecular formula is C25H31ClN6O3. The molecule has 1 unspecified atom stereocenters. The van der Waals surface area contributed by atoms with Crippen molar-refractivity contribution in [2.45, 2.75) is 57.3 Å². The zero-order chi connectivity index (χ0) is 24.6. The first kappa shape index (κ1) is 23.8. The number of carbonyl (C=O) groups is 3. The zero-order valence-corrected chi connectivity index (χ0v) is 20.7. The number of halogens is 1. The fraction of sp³-hybridized carbons (Fsp3) is 0.520. The Morgan fingerprint density at radius 3 is 2.63 bits per heavy atom. The molecule has 5 rings (SSSR count). The number of likely N-dealkylation sites (tertiary alicyclic amines) is 1. The molecule has 1 saturated carbocycles. The number of imidazole rings is 1. The fourth-order valence-electron chi connectivity index (χ4n) is 5.15. The third-order valence-corrected chi connectivity index (χ3v) is 7.56. The van der Waals surface area contributed by atoms with E-state index in [0.29, 0.717) is 11.6 Å². The standard InChI is InChI=1S/C25H31ClN6O3/c1-25(24(35)28-14-17-6-2-3-7-19(17)26)15-31-16-29-20(21(31)23(34)32(25)18-8-9-18)22(33)27-10-13-30-11-4-5-12-30/h2-3,6-7,16,18H,4-5,8-15H2,1H3,(H,27,33)(H,28,35). The molecule has 186 valence electrons. The zero-order valence-electron chi connectivity index (χ0n) is 19.9. The minimum atomic E-state index is -1.10. The van der Waals surface area contributed by atoms with Gasteiger partial charge in [0.2, 0.25) is 5.91 Å². The van der Waals surface area contributed by atoms with E-state index < -0.39 is 5.54 Å². The molecule has 3 amide bonds. The van der Waals surface area contributed by atoms with Crippen molar-refractivity contribution in [3.8, 4) is 0 Å². The molecule has 0 spiro atoms. The van der Waals surface area contributed by atoms with Crippen LogP contribution in [0.4, 0.5) is 0 Å². The van der Waals surface area contributed by atoms with Gasteiger partial charge in [-0.1, -0.05) is 29.8 Å². The number of fused-ring (bicyclic) bond motifs is 1. The SMILES string of the molecule is CC1(C(=O)NCc2ccccc2Cl)Cn2cnc(C(=O)NCCN3CCCC3)c2C(=O)N1C1CC1. The first-order valence-electron chi connectivity index (χ1n) is 12.3. The van der Waals surface area contributed by atoms with Gasteiger partial charge >= 0.3 is 0 Å². The van der Waals surface area contributed by atoms with Crippen LogP contribution in [0.15, 0.2) is 30.6 Å². The van der Waals surface area contributed by atoms with Crippen LogP contribution in [0.1, 0.15) is 59.1 Å². The highest BCUT2D eigenvalue weighted by Gasteiger charge is 2.53. The van der Waals surface area contributed by atoms with E-state index in [-0.39, 0.29) is 48.2 Å². The first-order valence-corrected chi connectivity index (χ1v) is 12.7. The Hall–Kier alpha value is -2.91. The first-order chi connectivity index (χ1) is 16.9. The molecule has 1 atom stereocenters. The van der Waals surface area contributed by atoms with Gasteiger partial charge in [0.25, 0.3) is 11.8 Å². The van der Waals surface area contributed by atoms with Crippen molar-refractivity contribution in [1.29, 1.82) is 0 Å². The van der Waals surface area contributed by atoms with Gasteiger partial charge in [0.05, 0.1) is 12.9 Å². The van der Waals surface area contributed by atoms with Gasteiger partial charge in [-0.3, -0.25) is 14.4 Å². The Kier molecular flexibility index (Phi) is 6.55. The molecule has 1 aromatic heterocycles. The van der Waals surface area contributed by atoms with Crippen molar-refractivity contribution in [1.82, 2.24) is 30.0 Å². The Morgan fingerprint density at radius 1 is 1.17 bits per heavy atom. The minimum Gasteiger partial charge on any atom is -0.350 e. The molecule has 0 radical (unpaired) electrons. The molecule has 2 fully saturated rings. The maximum absolute atomic E-state index is 13.7. The van der Waals surface area contributed by atoms with Crippen LogP contribution in [0.2, 0.25) is 5.02 Å². The van der Waals surface area contributed by atoms with Crippen LogP contribution >= 0.6 is 11.6 Å². The summed E-state index contributed by atoms with van der Waals surface area (Å²) >= 11 is 6.24. The van der Waals surface area contributed by atoms with Gasteiger partial charge in [-0.2, -0.15) is 0 Å². The maximum Gasteiger partial charge on any atom is 0.274 e. The number of hydrogen-bond acceptors (Lipinski definition) is 5. The second-order valence-electron chi connectivity index (χ2n) is 9.83. The lowest BCUT2D eigenvalue weighted by molar-refractivity contribution is -0.133. The maximum atomic E-state index is 13.7. The van der Waals surface area contributed by atoms with Crippen molar-refractivity contribution in [2.75, 3.05) is 26.2 Å². The van der Waals surface area contributed by atoms with Crippen molar-refractivity contribution < 1.29 is 14.4 Å². The summed E-state index contributed by atoms with van der Waals surface area (Å²) < 4.78 is 1.64. The van der Waals surface area contributed by atoms with E-state index in [1.54, 1.807) is 22.5 Å². The molecule has 1 aliphatic carbocycles. The molecule has 3 aliphatic rings. The van der Waals surface area contributed by atoms with Crippen molar-refractivity contribution in [3.05, 3.63) is 52.6 Å². The van der Waals surface area contributed by atoms with E-state index in [2.05, 4.69) is 20.5 Å². The second kappa shape index (κ2) is 9.62. The van der Waals surface area contributed by atoms with Gasteiger partial charge in [-0.05, 0) is 57.3 Å². The molecule has 0 bridgehead atoms. The van der Waals surface area contributed by atoms with Crippen molar-refractivity contribution in [2.24, 2.45) is 0 Å². The fourth-order valence-corrected chi connectivity index (χ4v) is 5.35. The molecular weight excluding hydrogens is 468 g/mol. The van der Waals surface area contributed by atoms with Gasteiger partial charge in [0.1, 0.15) is 11.2 Å². The summed E-state index contributed by atoms with van der Waals surface area (Å²) in [5, 5.41) is 6.45. The number of amides is 3. The Morgan fingerprint density at radius 2 is 1.91 bits per heavy atom. The topological polar surface area (TPSA) is 99.6 Å². The molecule has 1 aromatic carbocycles. The normalized spacial score (nSPS) is 22.2. The monoisotopic (exact) mass is 498 g/mol. The van der Waals surface area contributed by atoms with Gasteiger partial charge < -0.3 is 25.0 Å². The van der Waals surface area contributed by atoms with Gasteiger partial charge in [0.15, 0.2) is 5.69 Å². The van der Waals surface area contributed by atoms with E-state index in [9.17, 15) is 14.4 Å². The third-order valence-electron chi connectivity index (χ3n) is 7.19. The summed E-state index contributed by atoms with van der Waals surface area (Å²) in [4.78, 5) is 48.3. The highest BCUT2D eigenvalue weighted by Crippen LogP contribution is 2.39. The highest BCUT2D eigenvalue weighted by atomic mass is 35.5. The predicted molar refractivity (Wildman–Crippen MR) is 131 cm³/mol. The lowest BCUT2D eigenvalue weighted by Gasteiger charge is -2.44. The molecule has 10 heteroatoms. The molecule has 3 heterocycles. The highest BCUT2D eigenvalue weighted by molar-refractivity contribution is 6.31. The molecule has 2 N–H and O–H groups in total. The Bertz CT molecular complexity index is 1140. The number of carbonyl (C=O) groups excluding carboxylic acids is 3. The summed E-state index contributed by atoms with van der Waals surface area (Å²) in [7, 11) is 0. The number of benzene rings is 1. The summed E-state index contributed by atoms with van der Waals surface area (Å²) in [6.07, 6.45) is 5.55. The largest absolute Gasteiger partial charge is 0.350 e. The van der Waals surface area contributed by atoms with Gasteiger partial charge in [0, 0.05) is 30.7 Å². The minimum absolute atomic E-state index is 0.0201. The summed E-state index contributed by atoms with van der Waals surface area (Å²) in [5.74, 6) is -0.932. The van der Waals surface area contributed by atoms with Crippen molar-refractivity contribution in [3.63, 3.8) is 0 Å². The smallest absolute Gasteiger partial charge is 0.274 e. The van der Waals surface area contributed by atoms with E-state index in [1.165, 1.54) is 19.2 Å². The lowest BCUT2D eigenvalue weighted by atomic mass is 9.93. The quantitative estimate of drug-likeness (QED) is 0.580. The van der Waals surface area contributed by atoms with Crippen LogP contribution in [-0.2, 0) is 17.9 Å². The summed E-state index contributed by atoms with van der Waals surface area (Å²) in [6.45, 7) is 5.68. The number of rotatable bonds is 8. The number of hydrogen-bond donors (Lipinski definition) is 2. The van der Waals surface area contributed by atoms with Crippen LogP contribution in [0, 0.1) is 0 Å². The number of nitrogens with one attached hydrogen (secondary N) is 2. The Labute approximate surface area is 209 Å². The van der Waals surface area contributed by atoms with Crippen LogP contribution in [0.5, 0.6) is 0 Å². The Balaban J connectivity index is 1.32. The molecule has 1 saturated heterocycles. The van der Waals surface area contributed by atoms with E-state index in [0.717, 1.165) is 38.0 Å². The number of aromatic nitrogens is 2. The van der Waals surface area contributed by atoms with E-state index >= 15 is 0 Å². The van der Waals surface area contributed by atoms with E-state index in [1.807, 2.05) is 18.2 Å². The third kappa shape index (κ3) is 4.67. The van der Waals surface area contributed by atoms with Crippen LogP contribution in [0.3, 0.4) is 0 Å². The van der Waals surface area contributed by atoms with Gasteiger partial charge in [-0.15, -0.1) is 0 Å².